The van der Waals surface area contributed by atoms with Gasteiger partial charge >= 0.3 is 12.1 Å². The van der Waals surface area contributed by atoms with Gasteiger partial charge in [0.15, 0.2) is 0 Å². The molecule has 0 saturated heterocycles. The predicted molar refractivity (Wildman–Crippen MR) is 117 cm³/mol. The molecule has 0 aliphatic rings. The summed E-state index contributed by atoms with van der Waals surface area (Å²) in [4.78, 5) is 49.9. The molecule has 0 aromatic heterocycles. The maximum Gasteiger partial charge on any atom is 0.408 e. The first-order valence-corrected chi connectivity index (χ1v) is 10.3. The highest BCUT2D eigenvalue weighted by atomic mass is 16.6. The lowest BCUT2D eigenvalue weighted by molar-refractivity contribution is -0.159. The zero-order chi connectivity index (χ0) is 24.5. The predicted octanol–water partition coefficient (Wildman–Crippen LogP) is 1.31. The van der Waals surface area contributed by atoms with E-state index in [2.05, 4.69) is 5.32 Å². The van der Waals surface area contributed by atoms with E-state index < -0.39 is 47.6 Å². The summed E-state index contributed by atoms with van der Waals surface area (Å²) in [5.74, 6) is -3.23. The van der Waals surface area contributed by atoms with E-state index in [1.807, 2.05) is 30.3 Å². The second kappa shape index (κ2) is 12.2. The average Bonchev–Trinajstić information content (AvgIpc) is 2.69. The first kappa shape index (κ1) is 27.1. The van der Waals surface area contributed by atoms with Gasteiger partial charge in [0.2, 0.25) is 5.91 Å². The smallest absolute Gasteiger partial charge is 0.408 e. The number of carbonyl (C=O) groups is 4. The van der Waals surface area contributed by atoms with Gasteiger partial charge in [0.05, 0.1) is 19.3 Å². The number of benzene rings is 1. The molecule has 32 heavy (non-hydrogen) atoms. The number of nitrogens with zero attached hydrogens (tertiary/aromatic N) is 1. The van der Waals surface area contributed by atoms with Gasteiger partial charge in [0.1, 0.15) is 17.7 Å². The summed E-state index contributed by atoms with van der Waals surface area (Å²) in [5, 5.41) is 11.7. The Bertz CT molecular complexity index is 790. The van der Waals surface area contributed by atoms with Gasteiger partial charge in [-0.2, -0.15) is 0 Å². The molecule has 3 amide bonds. The summed E-state index contributed by atoms with van der Waals surface area (Å²) in [7, 11) is 0. The minimum atomic E-state index is -1.49. The van der Waals surface area contributed by atoms with E-state index in [9.17, 15) is 24.3 Å². The fourth-order valence-corrected chi connectivity index (χ4v) is 2.65. The van der Waals surface area contributed by atoms with Gasteiger partial charge in [-0.1, -0.05) is 30.3 Å². The van der Waals surface area contributed by atoms with Gasteiger partial charge in [-0.05, 0) is 46.6 Å². The number of amides is 3. The third-order valence-corrected chi connectivity index (χ3v) is 4.26. The van der Waals surface area contributed by atoms with Crippen LogP contribution in [0.5, 0.6) is 0 Å². The van der Waals surface area contributed by atoms with Gasteiger partial charge in [0.25, 0.3) is 5.91 Å². The summed E-state index contributed by atoms with van der Waals surface area (Å²) in [6, 6.07) is 5.52. The fraction of sp³-hybridized carbons (Fsp3) is 0.545. The first-order chi connectivity index (χ1) is 14.8. The summed E-state index contributed by atoms with van der Waals surface area (Å²) < 4.78 is 10.8. The summed E-state index contributed by atoms with van der Waals surface area (Å²) in [6.07, 6.45) is -0.346. The van der Waals surface area contributed by atoms with Crippen LogP contribution in [0.15, 0.2) is 30.3 Å². The van der Waals surface area contributed by atoms with Crippen molar-refractivity contribution in [2.24, 2.45) is 5.73 Å². The van der Waals surface area contributed by atoms with Gasteiger partial charge in [-0.25, -0.2) is 9.59 Å². The van der Waals surface area contributed by atoms with E-state index in [1.165, 1.54) is 13.8 Å². The Kier molecular flexibility index (Phi) is 10.3. The second-order valence-electron chi connectivity index (χ2n) is 8.36. The molecule has 0 saturated carbocycles. The first-order valence-electron chi connectivity index (χ1n) is 10.3. The van der Waals surface area contributed by atoms with Crippen LogP contribution in [-0.2, 0) is 30.3 Å². The Balaban J connectivity index is 3.00. The molecule has 178 valence electrons. The van der Waals surface area contributed by atoms with Crippen molar-refractivity contribution in [3.63, 3.8) is 0 Å². The van der Waals surface area contributed by atoms with Gasteiger partial charge in [0, 0.05) is 0 Å². The second-order valence-corrected chi connectivity index (χ2v) is 8.36. The number of nitrogens with two attached hydrogens (primary N) is 1. The number of hydrogen-bond acceptors (Lipinski definition) is 7. The van der Waals surface area contributed by atoms with Crippen LogP contribution in [-0.4, -0.2) is 70.8 Å². The molecule has 0 fully saturated rings. The molecule has 0 aliphatic heterocycles. The Labute approximate surface area is 188 Å². The standard InChI is InChI=1S/C22H33N3O7/c1-14(23)18(26)25(15(2)20(28)29)19(27)17(24-21(30)32-22(3,4)5)13-31-12-11-16-9-7-6-8-10-16/h6-10,14-15,17H,11-13,23H2,1-5H3,(H,24,30)(H,28,29)/t14-,15-,17-/m0/s1. The lowest BCUT2D eigenvalue weighted by Gasteiger charge is -2.30. The van der Waals surface area contributed by atoms with Crippen molar-refractivity contribution in [2.45, 2.75) is 64.8 Å². The molecule has 0 unspecified atom stereocenters. The number of carbonyl (C=O) groups excluding carboxylic acids is 3. The Morgan fingerprint density at radius 3 is 2.19 bits per heavy atom. The molecule has 1 aromatic rings. The fourth-order valence-electron chi connectivity index (χ4n) is 2.65. The van der Waals surface area contributed by atoms with Crippen molar-refractivity contribution in [2.75, 3.05) is 13.2 Å². The lowest BCUT2D eigenvalue weighted by Crippen LogP contribution is -2.59. The highest BCUT2D eigenvalue weighted by Crippen LogP contribution is 2.10. The maximum absolute atomic E-state index is 13.1. The average molecular weight is 452 g/mol. The van der Waals surface area contributed by atoms with Crippen molar-refractivity contribution in [3.8, 4) is 0 Å². The molecule has 0 aliphatic carbocycles. The van der Waals surface area contributed by atoms with E-state index in [1.54, 1.807) is 20.8 Å². The molecule has 0 bridgehead atoms. The molecule has 0 heterocycles. The maximum atomic E-state index is 13.1. The summed E-state index contributed by atoms with van der Waals surface area (Å²) >= 11 is 0. The number of nitrogens with one attached hydrogen (secondary N) is 1. The zero-order valence-electron chi connectivity index (χ0n) is 19.2. The molecule has 10 nitrogen and oxygen atoms in total. The lowest BCUT2D eigenvalue weighted by atomic mass is 10.1. The normalized spacial score (nSPS) is 14.1. The quantitative estimate of drug-likeness (QED) is 0.451. The minimum absolute atomic E-state index is 0.236. The molecule has 0 spiro atoms. The van der Waals surface area contributed by atoms with Gasteiger partial charge in [-0.3, -0.25) is 14.5 Å². The molecule has 3 atom stereocenters. The number of ether oxygens (including phenoxy) is 2. The van der Waals surface area contributed by atoms with E-state index in [-0.39, 0.29) is 13.2 Å². The van der Waals surface area contributed by atoms with Crippen LogP contribution in [0.25, 0.3) is 0 Å². The number of carboxylic acids is 1. The summed E-state index contributed by atoms with van der Waals surface area (Å²) in [6.45, 7) is 7.42. The molecule has 1 aromatic carbocycles. The van der Waals surface area contributed by atoms with Crippen LogP contribution >= 0.6 is 0 Å². The largest absolute Gasteiger partial charge is 0.480 e. The third-order valence-electron chi connectivity index (χ3n) is 4.26. The van der Waals surface area contributed by atoms with Gasteiger partial charge < -0.3 is 25.6 Å². The number of carboxylic acid groups (broad SMARTS) is 1. The van der Waals surface area contributed by atoms with E-state index in [0.717, 1.165) is 5.56 Å². The molecular formula is C22H33N3O7. The Morgan fingerprint density at radius 2 is 1.69 bits per heavy atom. The Hall–Kier alpha value is -2.98. The van der Waals surface area contributed by atoms with E-state index in [4.69, 9.17) is 15.2 Å². The van der Waals surface area contributed by atoms with Crippen LogP contribution in [0.3, 0.4) is 0 Å². The van der Waals surface area contributed by atoms with E-state index >= 15 is 0 Å². The monoisotopic (exact) mass is 451 g/mol. The van der Waals surface area contributed by atoms with Crippen LogP contribution in [0.4, 0.5) is 4.79 Å². The SMILES string of the molecule is C[C@H](N)C(=O)N(C(=O)[C@H](COCCc1ccccc1)NC(=O)OC(C)(C)C)[C@@H](C)C(=O)O. The molecule has 4 N–H and O–H groups in total. The van der Waals surface area contributed by atoms with Crippen LogP contribution < -0.4 is 11.1 Å². The number of hydrogen-bond donors (Lipinski definition) is 3. The van der Waals surface area contributed by atoms with Gasteiger partial charge in [-0.15, -0.1) is 0 Å². The highest BCUT2D eigenvalue weighted by Gasteiger charge is 2.38. The van der Waals surface area contributed by atoms with Crippen molar-refractivity contribution in [1.29, 1.82) is 0 Å². The van der Waals surface area contributed by atoms with Crippen LogP contribution in [0.1, 0.15) is 40.2 Å². The van der Waals surface area contributed by atoms with Crippen LogP contribution in [0.2, 0.25) is 0 Å². The van der Waals surface area contributed by atoms with Crippen LogP contribution in [0, 0.1) is 0 Å². The minimum Gasteiger partial charge on any atom is -0.480 e. The van der Waals surface area contributed by atoms with E-state index in [0.29, 0.717) is 11.3 Å². The number of imide groups is 1. The molecule has 0 radical (unpaired) electrons. The Morgan fingerprint density at radius 1 is 1.09 bits per heavy atom. The molecular weight excluding hydrogens is 418 g/mol. The highest BCUT2D eigenvalue weighted by molar-refractivity contribution is 6.03. The number of aliphatic carboxylic acids is 1. The van der Waals surface area contributed by atoms with Crippen molar-refractivity contribution >= 4 is 23.9 Å². The molecule has 10 heteroatoms. The molecule has 1 rings (SSSR count). The van der Waals surface area contributed by atoms with Crippen molar-refractivity contribution in [3.05, 3.63) is 35.9 Å². The third kappa shape index (κ3) is 9.03. The van der Waals surface area contributed by atoms with Crippen molar-refractivity contribution in [1.82, 2.24) is 10.2 Å². The zero-order valence-corrected chi connectivity index (χ0v) is 19.2. The number of rotatable bonds is 10. The summed E-state index contributed by atoms with van der Waals surface area (Å²) in [5.41, 5.74) is 5.79. The number of alkyl carbamates (subject to hydrolysis) is 1. The topological polar surface area (TPSA) is 148 Å². The van der Waals surface area contributed by atoms with Crippen molar-refractivity contribution < 1.29 is 33.8 Å².